The van der Waals surface area contributed by atoms with Crippen LogP contribution < -0.4 is 5.32 Å². The molecule has 0 aromatic heterocycles. The zero-order valence-corrected chi connectivity index (χ0v) is 18.8. The van der Waals surface area contributed by atoms with E-state index in [0.717, 1.165) is 30.1 Å². The summed E-state index contributed by atoms with van der Waals surface area (Å²) in [6, 6.07) is 0.700. The maximum Gasteiger partial charge on any atom is 0.0590 e. The van der Waals surface area contributed by atoms with Crippen molar-refractivity contribution in [1.29, 1.82) is 0 Å². The third-order valence-electron chi connectivity index (χ3n) is 7.36. The molecule has 6 heteroatoms. The molecular weight excluding hydrogens is 399 g/mol. The lowest BCUT2D eigenvalue weighted by Crippen LogP contribution is -2.42. The minimum absolute atomic E-state index is 0.188. The van der Waals surface area contributed by atoms with Crippen LogP contribution >= 0.6 is 35.0 Å². The van der Waals surface area contributed by atoms with Gasteiger partial charge in [0.05, 0.1) is 16.9 Å². The van der Waals surface area contributed by atoms with Gasteiger partial charge in [-0.2, -0.15) is 0 Å². The van der Waals surface area contributed by atoms with Crippen LogP contribution in [0, 0.1) is 11.8 Å². The van der Waals surface area contributed by atoms with E-state index in [1.807, 2.05) is 0 Å². The summed E-state index contributed by atoms with van der Waals surface area (Å²) in [5.74, 6) is 2.56. The summed E-state index contributed by atoms with van der Waals surface area (Å²) in [7, 11) is 0. The molecule has 3 nitrogen and oxygen atoms in total. The second kappa shape index (κ2) is 10.2. The van der Waals surface area contributed by atoms with Gasteiger partial charge >= 0.3 is 0 Å². The van der Waals surface area contributed by atoms with Crippen LogP contribution in [-0.2, 0) is 4.74 Å². The van der Waals surface area contributed by atoms with Crippen molar-refractivity contribution in [1.82, 2.24) is 10.2 Å². The molecule has 2 saturated carbocycles. The van der Waals surface area contributed by atoms with E-state index in [4.69, 9.17) is 27.9 Å². The van der Waals surface area contributed by atoms with E-state index in [9.17, 15) is 0 Å². The topological polar surface area (TPSA) is 24.5 Å². The number of ether oxygens (including phenoxy) is 1. The predicted molar refractivity (Wildman–Crippen MR) is 117 cm³/mol. The lowest BCUT2D eigenvalue weighted by Gasteiger charge is -2.41. The Morgan fingerprint density at radius 2 is 1.89 bits per heavy atom. The molecule has 0 spiro atoms. The minimum Gasteiger partial charge on any atom is -0.378 e. The van der Waals surface area contributed by atoms with Crippen LogP contribution in [0.25, 0.3) is 0 Å². The fourth-order valence-electron chi connectivity index (χ4n) is 5.71. The Bertz CT molecular complexity index is 463. The van der Waals surface area contributed by atoms with Gasteiger partial charge in [0.25, 0.3) is 0 Å². The average Bonchev–Trinajstić information content (AvgIpc) is 3.16. The van der Waals surface area contributed by atoms with E-state index < -0.39 is 0 Å². The van der Waals surface area contributed by atoms with Crippen molar-refractivity contribution in [3.63, 3.8) is 0 Å². The number of nitrogens with one attached hydrogen (secondary N) is 1. The maximum absolute atomic E-state index is 6.64. The number of halogens is 2. The van der Waals surface area contributed by atoms with E-state index in [0.29, 0.717) is 18.1 Å². The molecule has 27 heavy (non-hydrogen) atoms. The lowest BCUT2D eigenvalue weighted by atomic mass is 9.75. The van der Waals surface area contributed by atoms with Crippen molar-refractivity contribution >= 4 is 35.0 Å². The fraction of sp³-hybridized carbons (Fsp3) is 1.00. The van der Waals surface area contributed by atoms with Crippen LogP contribution in [-0.4, -0.2) is 65.2 Å². The summed E-state index contributed by atoms with van der Waals surface area (Å²) in [5.41, 5.74) is 0. The minimum atomic E-state index is 0.188. The first-order chi connectivity index (χ1) is 13.2. The van der Waals surface area contributed by atoms with Gasteiger partial charge in [-0.3, -0.25) is 0 Å². The Balaban J connectivity index is 1.09. The third kappa shape index (κ3) is 5.49. The van der Waals surface area contributed by atoms with Gasteiger partial charge in [0.15, 0.2) is 0 Å². The molecule has 2 heterocycles. The fourth-order valence-corrected chi connectivity index (χ4v) is 7.77. The molecule has 6 unspecified atom stereocenters. The Morgan fingerprint density at radius 3 is 2.74 bits per heavy atom. The van der Waals surface area contributed by atoms with Gasteiger partial charge < -0.3 is 15.0 Å². The zero-order valence-electron chi connectivity index (χ0n) is 16.5. The van der Waals surface area contributed by atoms with Crippen LogP contribution in [0.3, 0.4) is 0 Å². The standard InChI is InChI=1S/C21H36Cl2N2OS/c22-18-4-1-3-17(21(18)23)15-7-10-25(11-8-15)9-2-12-26-16-5-6-20-19(13-16)24-14-27-20/h15-21,24H,1-14H2. The first kappa shape index (κ1) is 21.1. The normalized spacial score (nSPS) is 41.6. The largest absolute Gasteiger partial charge is 0.378 e. The van der Waals surface area contributed by atoms with E-state index in [-0.39, 0.29) is 10.8 Å². The summed E-state index contributed by atoms with van der Waals surface area (Å²) in [6.45, 7) is 4.57. The Hall–Kier alpha value is 0.810. The summed E-state index contributed by atoms with van der Waals surface area (Å²) >= 11 is 15.2. The number of hydrogen-bond donors (Lipinski definition) is 1. The lowest BCUT2D eigenvalue weighted by molar-refractivity contribution is 0.0162. The van der Waals surface area contributed by atoms with E-state index in [2.05, 4.69) is 22.0 Å². The number of piperidine rings is 1. The molecule has 2 aliphatic carbocycles. The molecule has 2 aliphatic heterocycles. The number of fused-ring (bicyclic) bond motifs is 1. The SMILES string of the molecule is ClC1CCCC(C2CCN(CCCOC3CCC4SCNC4C3)CC2)C1Cl. The van der Waals surface area contributed by atoms with Gasteiger partial charge in [-0.25, -0.2) is 0 Å². The quantitative estimate of drug-likeness (QED) is 0.483. The number of thioether (sulfide) groups is 1. The summed E-state index contributed by atoms with van der Waals surface area (Å²) in [5, 5.41) is 4.85. The molecule has 0 bridgehead atoms. The first-order valence-corrected chi connectivity index (χ1v) is 13.1. The molecule has 1 N–H and O–H groups in total. The van der Waals surface area contributed by atoms with Gasteiger partial charge in [-0.1, -0.05) is 6.42 Å². The average molecular weight is 436 g/mol. The predicted octanol–water partition coefficient (Wildman–Crippen LogP) is 4.70. The monoisotopic (exact) mass is 434 g/mol. The molecule has 0 aromatic rings. The number of alkyl halides is 2. The van der Waals surface area contributed by atoms with E-state index >= 15 is 0 Å². The molecule has 0 aromatic carbocycles. The van der Waals surface area contributed by atoms with Gasteiger partial charge in [0.2, 0.25) is 0 Å². The van der Waals surface area contributed by atoms with Crippen LogP contribution in [0.4, 0.5) is 0 Å². The highest BCUT2D eigenvalue weighted by Gasteiger charge is 2.37. The number of likely N-dealkylation sites (tertiary alicyclic amines) is 1. The van der Waals surface area contributed by atoms with Crippen molar-refractivity contribution in [3.8, 4) is 0 Å². The molecular formula is C21H36Cl2N2OS. The van der Waals surface area contributed by atoms with Crippen LogP contribution in [0.2, 0.25) is 0 Å². The Morgan fingerprint density at radius 1 is 1.04 bits per heavy atom. The van der Waals surface area contributed by atoms with Crippen LogP contribution in [0.5, 0.6) is 0 Å². The van der Waals surface area contributed by atoms with Crippen LogP contribution in [0.1, 0.15) is 57.8 Å². The summed E-state index contributed by atoms with van der Waals surface area (Å²) < 4.78 is 6.22. The highest BCUT2D eigenvalue weighted by molar-refractivity contribution is 8.00. The van der Waals surface area contributed by atoms with Gasteiger partial charge in [0, 0.05) is 30.3 Å². The highest BCUT2D eigenvalue weighted by Crippen LogP contribution is 2.40. The smallest absolute Gasteiger partial charge is 0.0590 e. The molecule has 6 atom stereocenters. The zero-order chi connectivity index (χ0) is 18.6. The van der Waals surface area contributed by atoms with Crippen molar-refractivity contribution in [2.45, 2.75) is 85.9 Å². The van der Waals surface area contributed by atoms with Crippen molar-refractivity contribution < 1.29 is 4.74 Å². The highest BCUT2D eigenvalue weighted by atomic mass is 35.5. The van der Waals surface area contributed by atoms with Gasteiger partial charge in [-0.05, 0) is 76.3 Å². The molecule has 4 rings (SSSR count). The summed E-state index contributed by atoms with van der Waals surface area (Å²) in [4.78, 5) is 2.64. The maximum atomic E-state index is 6.64. The Labute approximate surface area is 179 Å². The van der Waals surface area contributed by atoms with Crippen molar-refractivity contribution in [3.05, 3.63) is 0 Å². The van der Waals surface area contributed by atoms with Gasteiger partial charge in [0.1, 0.15) is 0 Å². The second-order valence-corrected chi connectivity index (χ2v) is 11.3. The van der Waals surface area contributed by atoms with Crippen molar-refractivity contribution in [2.75, 3.05) is 32.1 Å². The molecule has 0 amide bonds. The van der Waals surface area contributed by atoms with Crippen LogP contribution in [0.15, 0.2) is 0 Å². The number of hydrogen-bond acceptors (Lipinski definition) is 4. The van der Waals surface area contributed by atoms with Crippen molar-refractivity contribution in [2.24, 2.45) is 11.8 Å². The first-order valence-electron chi connectivity index (χ1n) is 11.2. The third-order valence-corrected chi connectivity index (χ3v) is 9.94. The molecule has 4 aliphatic rings. The molecule has 0 radical (unpaired) electrons. The molecule has 2 saturated heterocycles. The van der Waals surface area contributed by atoms with E-state index in [1.54, 1.807) is 0 Å². The Kier molecular flexibility index (Phi) is 7.97. The number of nitrogens with zero attached hydrogens (tertiary/aromatic N) is 1. The second-order valence-electron chi connectivity index (χ2n) is 9.05. The molecule has 4 fully saturated rings. The number of rotatable bonds is 6. The summed E-state index contributed by atoms with van der Waals surface area (Å²) in [6.07, 6.45) is 11.7. The molecule has 156 valence electrons. The van der Waals surface area contributed by atoms with Gasteiger partial charge in [-0.15, -0.1) is 35.0 Å². The van der Waals surface area contributed by atoms with E-state index in [1.165, 1.54) is 71.0 Å².